The van der Waals surface area contributed by atoms with Gasteiger partial charge in [0.25, 0.3) is 0 Å². The molecule has 1 unspecified atom stereocenters. The molecule has 1 atom stereocenters. The molecule has 0 aliphatic heterocycles. The van der Waals surface area contributed by atoms with Crippen LogP contribution < -0.4 is 14.8 Å². The number of nitrogens with one attached hydrogen (secondary N) is 1. The summed E-state index contributed by atoms with van der Waals surface area (Å²) in [6.45, 7) is 2.53. The second kappa shape index (κ2) is 7.09. The van der Waals surface area contributed by atoms with E-state index < -0.39 is 0 Å². The number of ether oxygens (including phenoxy) is 2. The Hall–Kier alpha value is -2.07. The van der Waals surface area contributed by atoms with Gasteiger partial charge in [0.2, 0.25) is 0 Å². The summed E-state index contributed by atoms with van der Waals surface area (Å²) < 4.78 is 25.0. The van der Waals surface area contributed by atoms with Crippen molar-refractivity contribution in [2.45, 2.75) is 13.0 Å². The fraction of sp³-hybridized carbons (Fsp3) is 0.294. The lowest BCUT2D eigenvalue weighted by atomic mass is 9.98. The minimum Gasteiger partial charge on any atom is -0.494 e. The molecule has 0 aromatic heterocycles. The molecular weight excluding hydrogens is 269 g/mol. The van der Waals surface area contributed by atoms with E-state index in [0.29, 0.717) is 12.2 Å². The van der Waals surface area contributed by atoms with Gasteiger partial charge in [0.05, 0.1) is 19.8 Å². The predicted molar refractivity (Wildman–Crippen MR) is 81.5 cm³/mol. The van der Waals surface area contributed by atoms with Crippen LogP contribution in [0.4, 0.5) is 4.39 Å². The Kier molecular flexibility index (Phi) is 5.17. The Morgan fingerprint density at radius 3 is 2.62 bits per heavy atom. The van der Waals surface area contributed by atoms with E-state index in [9.17, 15) is 4.39 Å². The molecule has 0 heterocycles. The van der Waals surface area contributed by atoms with Crippen molar-refractivity contribution in [1.82, 2.24) is 5.32 Å². The second-order valence-corrected chi connectivity index (χ2v) is 4.59. The highest BCUT2D eigenvalue weighted by Gasteiger charge is 2.19. The number of methoxy groups -OCH3 is 1. The quantitative estimate of drug-likeness (QED) is 0.882. The Morgan fingerprint density at radius 2 is 1.95 bits per heavy atom. The van der Waals surface area contributed by atoms with Gasteiger partial charge in [0.15, 0.2) is 11.6 Å². The van der Waals surface area contributed by atoms with Crippen LogP contribution in [0.25, 0.3) is 0 Å². The van der Waals surface area contributed by atoms with E-state index in [4.69, 9.17) is 9.47 Å². The molecule has 112 valence electrons. The lowest BCUT2D eigenvalue weighted by Crippen LogP contribution is -2.19. The normalized spacial score (nSPS) is 12.0. The van der Waals surface area contributed by atoms with Gasteiger partial charge in [-0.1, -0.05) is 24.3 Å². The summed E-state index contributed by atoms with van der Waals surface area (Å²) >= 11 is 0. The van der Waals surface area contributed by atoms with Crippen molar-refractivity contribution in [3.05, 3.63) is 59.4 Å². The first-order valence-electron chi connectivity index (χ1n) is 6.93. The monoisotopic (exact) mass is 289 g/mol. The molecule has 0 radical (unpaired) electrons. The molecule has 0 bridgehead atoms. The molecule has 1 N–H and O–H groups in total. The molecule has 0 aliphatic rings. The highest BCUT2D eigenvalue weighted by molar-refractivity contribution is 5.40. The molecule has 0 spiro atoms. The van der Waals surface area contributed by atoms with Crippen LogP contribution in [-0.2, 0) is 0 Å². The summed E-state index contributed by atoms with van der Waals surface area (Å²) in [4.78, 5) is 0. The Morgan fingerprint density at radius 1 is 1.19 bits per heavy atom. The van der Waals surface area contributed by atoms with Gasteiger partial charge in [-0.05, 0) is 37.7 Å². The maximum Gasteiger partial charge on any atom is 0.170 e. The first-order chi connectivity index (χ1) is 10.2. The van der Waals surface area contributed by atoms with Crippen molar-refractivity contribution in [2.24, 2.45) is 0 Å². The van der Waals surface area contributed by atoms with Gasteiger partial charge in [0, 0.05) is 5.56 Å². The van der Waals surface area contributed by atoms with E-state index in [1.54, 1.807) is 25.2 Å². The average Bonchev–Trinajstić information content (AvgIpc) is 2.50. The van der Waals surface area contributed by atoms with Crippen LogP contribution in [0.3, 0.4) is 0 Å². The number of rotatable bonds is 6. The number of hydrogen-bond donors (Lipinski definition) is 1. The Bertz CT molecular complexity index is 601. The fourth-order valence-electron chi connectivity index (χ4n) is 2.36. The molecule has 4 heteroatoms. The van der Waals surface area contributed by atoms with Gasteiger partial charge in [0.1, 0.15) is 5.75 Å². The molecule has 0 fully saturated rings. The van der Waals surface area contributed by atoms with Gasteiger partial charge in [-0.2, -0.15) is 0 Å². The fourth-order valence-corrected chi connectivity index (χ4v) is 2.36. The van der Waals surface area contributed by atoms with Crippen LogP contribution in [0, 0.1) is 5.82 Å². The van der Waals surface area contributed by atoms with E-state index in [1.165, 1.54) is 7.11 Å². The van der Waals surface area contributed by atoms with Crippen molar-refractivity contribution >= 4 is 0 Å². The van der Waals surface area contributed by atoms with Crippen LogP contribution in [-0.4, -0.2) is 20.8 Å². The van der Waals surface area contributed by atoms with Crippen LogP contribution in [0.2, 0.25) is 0 Å². The summed E-state index contributed by atoms with van der Waals surface area (Å²) in [5.41, 5.74) is 1.49. The smallest absolute Gasteiger partial charge is 0.170 e. The second-order valence-electron chi connectivity index (χ2n) is 4.59. The number of halogens is 1. The highest BCUT2D eigenvalue weighted by atomic mass is 19.1. The zero-order chi connectivity index (χ0) is 15.2. The summed E-state index contributed by atoms with van der Waals surface area (Å²) in [6.07, 6.45) is 0. The van der Waals surface area contributed by atoms with Crippen molar-refractivity contribution in [3.63, 3.8) is 0 Å². The summed E-state index contributed by atoms with van der Waals surface area (Å²) in [5, 5.41) is 3.14. The van der Waals surface area contributed by atoms with Gasteiger partial charge < -0.3 is 14.8 Å². The van der Waals surface area contributed by atoms with E-state index in [0.717, 1.165) is 11.3 Å². The Labute approximate surface area is 124 Å². The molecule has 21 heavy (non-hydrogen) atoms. The zero-order valence-electron chi connectivity index (χ0n) is 12.5. The van der Waals surface area contributed by atoms with Crippen molar-refractivity contribution in [2.75, 3.05) is 20.8 Å². The highest BCUT2D eigenvalue weighted by Crippen LogP contribution is 2.30. The topological polar surface area (TPSA) is 30.5 Å². The van der Waals surface area contributed by atoms with Gasteiger partial charge in [-0.15, -0.1) is 0 Å². The predicted octanol–water partition coefficient (Wildman–Crippen LogP) is 3.54. The van der Waals surface area contributed by atoms with E-state index in [-0.39, 0.29) is 17.6 Å². The largest absolute Gasteiger partial charge is 0.494 e. The molecule has 2 rings (SSSR count). The van der Waals surface area contributed by atoms with E-state index in [1.807, 2.05) is 31.2 Å². The van der Waals surface area contributed by atoms with Gasteiger partial charge in [-0.3, -0.25) is 0 Å². The lowest BCUT2D eigenvalue weighted by Gasteiger charge is -2.19. The SMILES string of the molecule is CCOc1cccc(C(NC)c2cccc(OC)c2F)c1. The third-order valence-corrected chi connectivity index (χ3v) is 3.32. The molecule has 2 aromatic carbocycles. The summed E-state index contributed by atoms with van der Waals surface area (Å²) in [6, 6.07) is 12.6. The van der Waals surface area contributed by atoms with E-state index >= 15 is 0 Å². The minimum absolute atomic E-state index is 0.244. The lowest BCUT2D eigenvalue weighted by molar-refractivity contribution is 0.339. The number of hydrogen-bond acceptors (Lipinski definition) is 3. The van der Waals surface area contributed by atoms with Crippen molar-refractivity contribution < 1.29 is 13.9 Å². The first kappa shape index (κ1) is 15.3. The van der Waals surface area contributed by atoms with Crippen molar-refractivity contribution in [3.8, 4) is 11.5 Å². The van der Waals surface area contributed by atoms with Crippen LogP contribution in [0.15, 0.2) is 42.5 Å². The molecular formula is C17H20FNO2. The van der Waals surface area contributed by atoms with Gasteiger partial charge >= 0.3 is 0 Å². The average molecular weight is 289 g/mol. The van der Waals surface area contributed by atoms with Crippen LogP contribution in [0.1, 0.15) is 24.1 Å². The third kappa shape index (κ3) is 3.34. The molecule has 0 aliphatic carbocycles. The number of benzene rings is 2. The molecule has 0 saturated carbocycles. The zero-order valence-corrected chi connectivity index (χ0v) is 12.5. The van der Waals surface area contributed by atoms with Crippen molar-refractivity contribution in [1.29, 1.82) is 0 Å². The molecule has 0 saturated heterocycles. The summed E-state index contributed by atoms with van der Waals surface area (Å²) in [5.74, 6) is 0.674. The van der Waals surface area contributed by atoms with Crippen LogP contribution >= 0.6 is 0 Å². The Balaban J connectivity index is 2.42. The minimum atomic E-state index is -0.346. The first-order valence-corrected chi connectivity index (χ1v) is 6.93. The molecule has 2 aromatic rings. The summed E-state index contributed by atoms with van der Waals surface area (Å²) in [7, 11) is 3.27. The van der Waals surface area contributed by atoms with Crippen LogP contribution in [0.5, 0.6) is 11.5 Å². The standard InChI is InChI=1S/C17H20FNO2/c1-4-21-13-8-5-7-12(11-13)17(19-2)14-9-6-10-15(20-3)16(14)18/h5-11,17,19H,4H2,1-3H3. The molecule has 3 nitrogen and oxygen atoms in total. The van der Waals surface area contributed by atoms with E-state index in [2.05, 4.69) is 5.32 Å². The van der Waals surface area contributed by atoms with Gasteiger partial charge in [-0.25, -0.2) is 4.39 Å². The maximum absolute atomic E-state index is 14.4. The molecule has 0 amide bonds. The maximum atomic E-state index is 14.4. The third-order valence-electron chi connectivity index (χ3n) is 3.32.